The zero-order valence-electron chi connectivity index (χ0n) is 9.07. The van der Waals surface area contributed by atoms with Crippen molar-refractivity contribution in [2.45, 2.75) is 38.6 Å². The lowest BCUT2D eigenvalue weighted by molar-refractivity contribution is -0.143. The third-order valence-electron chi connectivity index (χ3n) is 3.10. The minimum Gasteiger partial charge on any atom is -0.481 e. The summed E-state index contributed by atoms with van der Waals surface area (Å²) in [7, 11) is 0. The van der Waals surface area contributed by atoms with Crippen LogP contribution >= 0.6 is 0 Å². The SMILES string of the molecule is CC(C#N)NCC1CCC(C(=O)O)CC1. The second kappa shape index (κ2) is 5.72. The molecule has 1 rings (SSSR count). The van der Waals surface area contributed by atoms with Gasteiger partial charge in [-0.05, 0) is 45.1 Å². The smallest absolute Gasteiger partial charge is 0.306 e. The van der Waals surface area contributed by atoms with Crippen LogP contribution in [0.1, 0.15) is 32.6 Å². The summed E-state index contributed by atoms with van der Waals surface area (Å²) in [4.78, 5) is 10.7. The second-order valence-electron chi connectivity index (χ2n) is 4.31. The predicted molar refractivity (Wildman–Crippen MR) is 56.2 cm³/mol. The molecule has 1 unspecified atom stereocenters. The molecule has 1 atom stereocenters. The molecule has 4 nitrogen and oxygen atoms in total. The molecule has 2 N–H and O–H groups in total. The van der Waals surface area contributed by atoms with E-state index in [-0.39, 0.29) is 12.0 Å². The second-order valence-corrected chi connectivity index (χ2v) is 4.31. The van der Waals surface area contributed by atoms with E-state index in [9.17, 15) is 4.79 Å². The van der Waals surface area contributed by atoms with E-state index < -0.39 is 5.97 Å². The summed E-state index contributed by atoms with van der Waals surface area (Å²) < 4.78 is 0. The van der Waals surface area contributed by atoms with Crippen molar-refractivity contribution >= 4 is 5.97 Å². The molecule has 1 saturated carbocycles. The predicted octanol–water partition coefficient (Wildman–Crippen LogP) is 1.38. The average Bonchev–Trinajstić information content (AvgIpc) is 2.26. The molecule has 1 fully saturated rings. The van der Waals surface area contributed by atoms with Crippen molar-refractivity contribution in [1.82, 2.24) is 5.32 Å². The highest BCUT2D eigenvalue weighted by atomic mass is 16.4. The van der Waals surface area contributed by atoms with Crippen molar-refractivity contribution < 1.29 is 9.90 Å². The summed E-state index contributed by atoms with van der Waals surface area (Å²) >= 11 is 0. The number of nitrogens with zero attached hydrogens (tertiary/aromatic N) is 1. The van der Waals surface area contributed by atoms with Crippen molar-refractivity contribution in [2.24, 2.45) is 11.8 Å². The molecule has 0 aromatic rings. The van der Waals surface area contributed by atoms with Crippen LogP contribution in [0.25, 0.3) is 0 Å². The van der Waals surface area contributed by atoms with Gasteiger partial charge < -0.3 is 10.4 Å². The lowest BCUT2D eigenvalue weighted by atomic mass is 9.82. The highest BCUT2D eigenvalue weighted by Crippen LogP contribution is 2.28. The molecule has 1 aliphatic rings. The molecule has 84 valence electrons. The van der Waals surface area contributed by atoms with Gasteiger partial charge in [-0.1, -0.05) is 0 Å². The first-order chi connectivity index (χ1) is 7.13. The van der Waals surface area contributed by atoms with E-state index in [1.54, 1.807) is 0 Å². The highest BCUT2D eigenvalue weighted by Gasteiger charge is 2.25. The molecule has 0 radical (unpaired) electrons. The number of nitriles is 1. The number of aliphatic carboxylic acids is 1. The van der Waals surface area contributed by atoms with Gasteiger partial charge in [-0.3, -0.25) is 4.79 Å². The van der Waals surface area contributed by atoms with Crippen LogP contribution in [0.5, 0.6) is 0 Å². The summed E-state index contributed by atoms with van der Waals surface area (Å²) in [6.45, 7) is 2.67. The monoisotopic (exact) mass is 210 g/mol. The van der Waals surface area contributed by atoms with Gasteiger partial charge in [0.25, 0.3) is 0 Å². The number of nitrogens with one attached hydrogen (secondary N) is 1. The number of hydrogen-bond acceptors (Lipinski definition) is 3. The molecule has 1 aliphatic carbocycles. The quantitative estimate of drug-likeness (QED) is 0.735. The van der Waals surface area contributed by atoms with Gasteiger partial charge in [0.15, 0.2) is 0 Å². The van der Waals surface area contributed by atoms with Crippen LogP contribution in [-0.2, 0) is 4.79 Å². The minimum atomic E-state index is -0.660. The maximum Gasteiger partial charge on any atom is 0.306 e. The summed E-state index contributed by atoms with van der Waals surface area (Å²) in [5.41, 5.74) is 0. The molecule has 15 heavy (non-hydrogen) atoms. The molecule has 0 bridgehead atoms. The molecule has 0 saturated heterocycles. The molecule has 0 aromatic heterocycles. The number of carboxylic acid groups (broad SMARTS) is 1. The summed E-state index contributed by atoms with van der Waals surface area (Å²) in [5, 5.41) is 20.5. The summed E-state index contributed by atoms with van der Waals surface area (Å²) in [6.07, 6.45) is 3.48. The van der Waals surface area contributed by atoms with Gasteiger partial charge in [0, 0.05) is 0 Å². The fourth-order valence-electron chi connectivity index (χ4n) is 2.00. The first-order valence-corrected chi connectivity index (χ1v) is 5.49. The van der Waals surface area contributed by atoms with Crippen LogP contribution in [0.4, 0.5) is 0 Å². The van der Waals surface area contributed by atoms with E-state index in [1.165, 1.54) is 0 Å². The van der Waals surface area contributed by atoms with E-state index in [2.05, 4.69) is 11.4 Å². The molecule has 0 spiro atoms. The van der Waals surface area contributed by atoms with Crippen molar-refractivity contribution in [3.63, 3.8) is 0 Å². The Labute approximate surface area is 90.3 Å². The van der Waals surface area contributed by atoms with Crippen molar-refractivity contribution in [3.8, 4) is 6.07 Å². The van der Waals surface area contributed by atoms with Crippen LogP contribution < -0.4 is 5.32 Å². The Hall–Kier alpha value is -1.08. The van der Waals surface area contributed by atoms with Gasteiger partial charge in [-0.25, -0.2) is 0 Å². The zero-order chi connectivity index (χ0) is 11.3. The third-order valence-corrected chi connectivity index (χ3v) is 3.10. The largest absolute Gasteiger partial charge is 0.481 e. The number of carbonyl (C=O) groups is 1. The Balaban J connectivity index is 2.21. The number of hydrogen-bond donors (Lipinski definition) is 2. The van der Waals surface area contributed by atoms with E-state index in [0.717, 1.165) is 32.2 Å². The third kappa shape index (κ3) is 3.88. The van der Waals surface area contributed by atoms with Crippen LogP contribution in [0, 0.1) is 23.2 Å². The summed E-state index contributed by atoms with van der Waals surface area (Å²) in [5.74, 6) is -0.266. The van der Waals surface area contributed by atoms with Crippen LogP contribution in [0.3, 0.4) is 0 Å². The maximum atomic E-state index is 10.7. The number of rotatable bonds is 4. The first kappa shape index (κ1) is 12.0. The van der Waals surface area contributed by atoms with Gasteiger partial charge >= 0.3 is 5.97 Å². The molecule has 0 amide bonds. The fraction of sp³-hybridized carbons (Fsp3) is 0.818. The molecular formula is C11H18N2O2. The molecule has 0 aromatic carbocycles. The van der Waals surface area contributed by atoms with Crippen molar-refractivity contribution in [3.05, 3.63) is 0 Å². The van der Waals surface area contributed by atoms with E-state index in [1.807, 2.05) is 6.92 Å². The van der Waals surface area contributed by atoms with Crippen LogP contribution in [0.2, 0.25) is 0 Å². The topological polar surface area (TPSA) is 73.1 Å². The lowest BCUT2D eigenvalue weighted by Gasteiger charge is -2.26. The Morgan fingerprint density at radius 3 is 2.60 bits per heavy atom. The van der Waals surface area contributed by atoms with E-state index in [4.69, 9.17) is 10.4 Å². The van der Waals surface area contributed by atoms with Gasteiger partial charge in [0.1, 0.15) is 0 Å². The Bertz CT molecular complexity index is 252. The Kier molecular flexibility index (Phi) is 4.57. The number of carboxylic acids is 1. The maximum absolute atomic E-state index is 10.7. The molecule has 0 aliphatic heterocycles. The summed E-state index contributed by atoms with van der Waals surface area (Å²) in [6, 6.07) is 2.02. The fourth-order valence-corrected chi connectivity index (χ4v) is 2.00. The first-order valence-electron chi connectivity index (χ1n) is 5.49. The van der Waals surface area contributed by atoms with Crippen LogP contribution in [-0.4, -0.2) is 23.7 Å². The van der Waals surface area contributed by atoms with E-state index >= 15 is 0 Å². The zero-order valence-corrected chi connectivity index (χ0v) is 9.07. The lowest BCUT2D eigenvalue weighted by Crippen LogP contribution is -2.33. The Morgan fingerprint density at radius 2 is 2.13 bits per heavy atom. The standard InChI is InChI=1S/C11H18N2O2/c1-8(6-12)13-7-9-2-4-10(5-3-9)11(14)15/h8-10,13H,2-5,7H2,1H3,(H,14,15). The Morgan fingerprint density at radius 1 is 1.53 bits per heavy atom. The van der Waals surface area contributed by atoms with Gasteiger partial charge in [0.05, 0.1) is 18.0 Å². The van der Waals surface area contributed by atoms with Crippen molar-refractivity contribution in [1.29, 1.82) is 5.26 Å². The van der Waals surface area contributed by atoms with Gasteiger partial charge in [-0.15, -0.1) is 0 Å². The van der Waals surface area contributed by atoms with Crippen LogP contribution in [0.15, 0.2) is 0 Å². The minimum absolute atomic E-state index is 0.109. The highest BCUT2D eigenvalue weighted by molar-refractivity contribution is 5.69. The molecule has 0 heterocycles. The normalized spacial score (nSPS) is 28.0. The molecular weight excluding hydrogens is 192 g/mol. The van der Waals surface area contributed by atoms with Gasteiger partial charge in [-0.2, -0.15) is 5.26 Å². The molecule has 4 heteroatoms. The van der Waals surface area contributed by atoms with Gasteiger partial charge in [0.2, 0.25) is 0 Å². The van der Waals surface area contributed by atoms with Crippen molar-refractivity contribution in [2.75, 3.05) is 6.54 Å². The average molecular weight is 210 g/mol. The van der Waals surface area contributed by atoms with E-state index in [0.29, 0.717) is 5.92 Å².